The summed E-state index contributed by atoms with van der Waals surface area (Å²) in [6.45, 7) is 46.6. The fraction of sp³-hybridized carbons (Fsp3) is 0.729. The van der Waals surface area contributed by atoms with Gasteiger partial charge in [0.05, 0.1) is 95.1 Å². The quantitative estimate of drug-likeness (QED) is 0.0219. The molecule has 418 valence electrons. The second-order valence-electron chi connectivity index (χ2n) is 20.4. The zero-order valence-corrected chi connectivity index (χ0v) is 49.9. The highest BCUT2D eigenvalue weighted by Crippen LogP contribution is 2.24. The van der Waals surface area contributed by atoms with Crippen LogP contribution in [-0.2, 0) is 52.2 Å². The summed E-state index contributed by atoms with van der Waals surface area (Å²) in [6, 6.07) is 10.4. The molecule has 1 fully saturated rings. The number of rotatable bonds is 33. The third kappa shape index (κ3) is 49.7. The van der Waals surface area contributed by atoms with Crippen LogP contribution in [0.3, 0.4) is 0 Å². The van der Waals surface area contributed by atoms with Crippen LogP contribution >= 0.6 is 23.5 Å². The summed E-state index contributed by atoms with van der Waals surface area (Å²) in [4.78, 5) is 24.0. The van der Waals surface area contributed by atoms with Crippen molar-refractivity contribution in [2.75, 3.05) is 57.8 Å². The molecule has 1 aromatic carbocycles. The predicted octanol–water partition coefficient (Wildman–Crippen LogP) is 14.3. The normalized spacial score (nSPS) is 15.0. The number of allylic oxidation sites excluding steroid dienone is 3. The highest BCUT2D eigenvalue weighted by Gasteiger charge is 2.25. The van der Waals surface area contributed by atoms with Crippen molar-refractivity contribution in [3.63, 3.8) is 0 Å². The Morgan fingerprint density at radius 3 is 1.57 bits per heavy atom. The molecule has 4 atom stereocenters. The first-order valence-electron chi connectivity index (χ1n) is 26.6. The van der Waals surface area contributed by atoms with Crippen LogP contribution in [-0.4, -0.2) is 125 Å². The number of thioether (sulfide) groups is 2. The molecule has 1 aliphatic heterocycles. The first kappa shape index (κ1) is 71.6. The molecule has 0 saturated carbocycles. The molecule has 72 heavy (non-hydrogen) atoms. The topological polar surface area (TPSA) is 121 Å². The van der Waals surface area contributed by atoms with Crippen LogP contribution in [0, 0.1) is 17.8 Å². The molecule has 0 bridgehead atoms. The lowest BCUT2D eigenvalue weighted by atomic mass is 10.1. The van der Waals surface area contributed by atoms with E-state index >= 15 is 0 Å². The Kier molecular flexibility index (Phi) is 45.6. The fourth-order valence-corrected chi connectivity index (χ4v) is 7.54. The van der Waals surface area contributed by atoms with E-state index in [-0.39, 0.29) is 60.8 Å². The van der Waals surface area contributed by atoms with Crippen molar-refractivity contribution < 1.29 is 52.2 Å². The summed E-state index contributed by atoms with van der Waals surface area (Å²) in [6.07, 6.45) is 15.1. The summed E-state index contributed by atoms with van der Waals surface area (Å²) in [5.74, 6) is 3.13. The zero-order chi connectivity index (χ0) is 54.9. The second-order valence-corrected chi connectivity index (χ2v) is 22.6. The van der Waals surface area contributed by atoms with Gasteiger partial charge < -0.3 is 42.6 Å². The van der Waals surface area contributed by atoms with Gasteiger partial charge in [-0.2, -0.15) is 0 Å². The third-order valence-corrected chi connectivity index (χ3v) is 11.9. The average molecular weight is 1050 g/mol. The van der Waals surface area contributed by atoms with Gasteiger partial charge in [-0.3, -0.25) is 0 Å². The van der Waals surface area contributed by atoms with Gasteiger partial charge in [0, 0.05) is 33.0 Å². The van der Waals surface area contributed by atoms with E-state index in [0.29, 0.717) is 69.1 Å². The van der Waals surface area contributed by atoms with E-state index < -0.39 is 0 Å². The standard InChI is InChI=1S/C15H24O2S.C14H24O2S.C11H22O3.C10H18O2.C9H16O2/c1-12(2)16-10-14(17-13(3)4)11-18-15-8-6-5-7-9-15;1-11(2)15-9-13(16-12(3)4)10-17-14-7-5-6-8-14;1-8(2)11(7-12-9(3)4)14-6-10-5-13-10;1-8(2)6-5-7-12-10(11)9(3)4;1-4-9(10)11-7-5-6-8(2)3/h5-9,12-14H,10-11H2,1-4H3;5,7-8,11-13H,6,9-10H2,1-4H3;8-11H,5-7H2,1-4H3;8H,3,5-7H2,1-2,4H3;4,8H,1,5-7H2,2-3H3. The van der Waals surface area contributed by atoms with Crippen molar-refractivity contribution in [1.82, 2.24) is 0 Å². The van der Waals surface area contributed by atoms with Gasteiger partial charge in [0.1, 0.15) is 6.10 Å². The Morgan fingerprint density at radius 1 is 0.681 bits per heavy atom. The molecular weight excluding hydrogens is 949 g/mol. The molecule has 1 saturated heterocycles. The van der Waals surface area contributed by atoms with Gasteiger partial charge in [-0.15, -0.1) is 23.5 Å². The molecular formula is C59H104O11S2. The molecule has 0 N–H and O–H groups in total. The maximum atomic E-state index is 10.9. The minimum absolute atomic E-state index is 0.151. The van der Waals surface area contributed by atoms with Crippen LogP contribution < -0.4 is 0 Å². The molecule has 3 rings (SSSR count). The molecule has 0 amide bonds. The first-order valence-corrected chi connectivity index (χ1v) is 28.6. The summed E-state index contributed by atoms with van der Waals surface area (Å²) in [5, 5.41) is 0. The first-order chi connectivity index (χ1) is 33.9. The summed E-state index contributed by atoms with van der Waals surface area (Å²) < 4.78 is 49.1. The molecule has 13 heteroatoms. The Bertz CT molecular complexity index is 1530. The van der Waals surface area contributed by atoms with E-state index in [4.69, 9.17) is 42.6 Å². The summed E-state index contributed by atoms with van der Waals surface area (Å²) in [7, 11) is 0. The lowest BCUT2D eigenvalue weighted by molar-refractivity contribution is -0.139. The fourth-order valence-electron chi connectivity index (χ4n) is 5.68. The minimum Gasteiger partial charge on any atom is -0.463 e. The summed E-state index contributed by atoms with van der Waals surface area (Å²) in [5.41, 5.74) is 0.472. The SMILES string of the molecule is C=C(C)C(=O)OCCCC(C)C.C=CC(=O)OCCCC(C)C.CC(C)OCC(CSC1=CCC=C1)OC(C)C.CC(C)OCC(CSc1ccccc1)OC(C)C.CC(C)OCC(OCC1CO1)C(C)C. The average Bonchev–Trinajstić information content (AvgIpc) is 3.99. The lowest BCUT2D eigenvalue weighted by Crippen LogP contribution is -2.28. The number of esters is 2. The van der Waals surface area contributed by atoms with Crippen LogP contribution in [0.1, 0.15) is 150 Å². The third-order valence-electron chi connectivity index (χ3n) is 9.59. The van der Waals surface area contributed by atoms with Crippen molar-refractivity contribution in [3.05, 3.63) is 78.3 Å². The van der Waals surface area contributed by atoms with E-state index in [1.165, 1.54) is 15.9 Å². The minimum atomic E-state index is -0.325. The zero-order valence-electron chi connectivity index (χ0n) is 48.2. The molecule has 1 aromatic rings. The van der Waals surface area contributed by atoms with Crippen LogP contribution in [0.15, 0.2) is 83.2 Å². The Balaban J connectivity index is 0. The van der Waals surface area contributed by atoms with Crippen molar-refractivity contribution >= 4 is 35.5 Å². The molecule has 1 aliphatic carbocycles. The Labute approximate surface area is 449 Å². The van der Waals surface area contributed by atoms with Gasteiger partial charge >= 0.3 is 11.9 Å². The lowest BCUT2D eigenvalue weighted by Gasteiger charge is -2.22. The van der Waals surface area contributed by atoms with E-state index in [1.807, 2.05) is 43.4 Å². The van der Waals surface area contributed by atoms with Crippen molar-refractivity contribution in [2.24, 2.45) is 17.8 Å². The highest BCUT2D eigenvalue weighted by atomic mass is 32.2. The van der Waals surface area contributed by atoms with Gasteiger partial charge in [0.25, 0.3) is 0 Å². The van der Waals surface area contributed by atoms with Crippen molar-refractivity contribution in [3.8, 4) is 0 Å². The molecule has 0 spiro atoms. The maximum absolute atomic E-state index is 10.9. The molecule has 0 radical (unpaired) electrons. The second kappa shape index (κ2) is 45.9. The molecule has 2 aliphatic rings. The van der Waals surface area contributed by atoms with Crippen LogP contribution in [0.25, 0.3) is 0 Å². The number of hydrogen-bond acceptors (Lipinski definition) is 13. The van der Waals surface area contributed by atoms with Crippen LogP contribution in [0.4, 0.5) is 0 Å². The summed E-state index contributed by atoms with van der Waals surface area (Å²) >= 11 is 3.67. The molecule has 0 aromatic heterocycles. The Morgan fingerprint density at radius 2 is 1.17 bits per heavy atom. The van der Waals surface area contributed by atoms with Gasteiger partial charge in [-0.05, 0) is 138 Å². The molecule has 11 nitrogen and oxygen atoms in total. The number of ether oxygens (including phenoxy) is 9. The molecule has 1 heterocycles. The van der Waals surface area contributed by atoms with Crippen molar-refractivity contribution in [1.29, 1.82) is 0 Å². The van der Waals surface area contributed by atoms with Crippen molar-refractivity contribution in [2.45, 2.75) is 210 Å². The number of benzene rings is 1. The predicted molar refractivity (Wildman–Crippen MR) is 304 cm³/mol. The number of carbonyl (C=O) groups is 2. The van der Waals surface area contributed by atoms with Gasteiger partial charge in [-0.1, -0.05) is 91.1 Å². The largest absolute Gasteiger partial charge is 0.463 e. The monoisotopic (exact) mass is 1050 g/mol. The van der Waals surface area contributed by atoms with E-state index in [1.54, 1.807) is 6.92 Å². The van der Waals surface area contributed by atoms with E-state index in [0.717, 1.165) is 50.2 Å². The van der Waals surface area contributed by atoms with Crippen LogP contribution in [0.5, 0.6) is 0 Å². The smallest absolute Gasteiger partial charge is 0.333 e. The number of epoxide rings is 1. The Hall–Kier alpha value is -2.46. The van der Waals surface area contributed by atoms with E-state index in [2.05, 4.69) is 153 Å². The number of carbonyl (C=O) groups excluding carboxylic acids is 2. The highest BCUT2D eigenvalue weighted by molar-refractivity contribution is 8.03. The maximum Gasteiger partial charge on any atom is 0.333 e. The van der Waals surface area contributed by atoms with Gasteiger partial charge in [0.2, 0.25) is 0 Å². The van der Waals surface area contributed by atoms with Crippen LogP contribution in [0.2, 0.25) is 0 Å². The van der Waals surface area contributed by atoms with Gasteiger partial charge in [0.15, 0.2) is 0 Å². The molecule has 4 unspecified atom stereocenters. The van der Waals surface area contributed by atoms with Gasteiger partial charge in [-0.25, -0.2) is 9.59 Å². The number of hydrogen-bond donors (Lipinski definition) is 0. The van der Waals surface area contributed by atoms with E-state index in [9.17, 15) is 9.59 Å².